The van der Waals surface area contributed by atoms with Crippen molar-refractivity contribution in [3.8, 4) is 0 Å². The second-order valence-electron chi connectivity index (χ2n) is 5.01. The second-order valence-corrected chi connectivity index (χ2v) is 5.01. The van der Waals surface area contributed by atoms with Crippen LogP contribution in [0.2, 0.25) is 0 Å². The normalized spacial score (nSPS) is 15.9. The summed E-state index contributed by atoms with van der Waals surface area (Å²) < 4.78 is 0. The number of benzene rings is 1. The Labute approximate surface area is 98.4 Å². The Balaban J connectivity index is 2.13. The van der Waals surface area contributed by atoms with Crippen molar-refractivity contribution in [2.24, 2.45) is 11.7 Å². The molecule has 2 rings (SSSR count). The van der Waals surface area contributed by atoms with E-state index in [1.54, 1.807) is 0 Å². The Kier molecular flexibility index (Phi) is 3.49. The smallest absolute Gasteiger partial charge is 0.0411 e. The maximum atomic E-state index is 5.79. The third-order valence-electron chi connectivity index (χ3n) is 3.63. The van der Waals surface area contributed by atoms with E-state index in [0.29, 0.717) is 6.54 Å². The van der Waals surface area contributed by atoms with E-state index in [1.807, 2.05) is 0 Å². The first-order chi connectivity index (χ1) is 7.70. The van der Waals surface area contributed by atoms with Crippen LogP contribution in [0.25, 0.3) is 0 Å². The van der Waals surface area contributed by atoms with Crippen molar-refractivity contribution < 1.29 is 0 Å². The Bertz CT molecular complexity index is 356. The minimum absolute atomic E-state index is 0.630. The first kappa shape index (κ1) is 11.5. The van der Waals surface area contributed by atoms with E-state index in [1.165, 1.54) is 42.6 Å². The molecule has 0 heterocycles. The van der Waals surface area contributed by atoms with Crippen LogP contribution in [0.15, 0.2) is 18.2 Å². The van der Waals surface area contributed by atoms with Gasteiger partial charge in [0, 0.05) is 25.8 Å². The molecule has 0 spiro atoms. The predicted octanol–water partition coefficient (Wildman–Crippen LogP) is 2.69. The van der Waals surface area contributed by atoms with Gasteiger partial charge in [0.05, 0.1) is 0 Å². The van der Waals surface area contributed by atoms with Crippen molar-refractivity contribution in [2.75, 3.05) is 18.5 Å². The molecule has 1 aromatic carbocycles. The molecule has 0 aromatic heterocycles. The van der Waals surface area contributed by atoms with Crippen molar-refractivity contribution in [3.63, 3.8) is 0 Å². The van der Waals surface area contributed by atoms with Crippen molar-refractivity contribution in [1.29, 1.82) is 0 Å². The fourth-order valence-corrected chi connectivity index (χ4v) is 2.36. The van der Waals surface area contributed by atoms with Crippen molar-refractivity contribution in [2.45, 2.75) is 32.7 Å². The molecule has 0 atom stereocenters. The zero-order valence-electron chi connectivity index (χ0n) is 10.4. The van der Waals surface area contributed by atoms with Gasteiger partial charge in [-0.1, -0.05) is 18.6 Å². The molecule has 1 saturated carbocycles. The molecule has 1 aliphatic carbocycles. The molecule has 0 saturated heterocycles. The van der Waals surface area contributed by atoms with E-state index in [0.717, 1.165) is 5.92 Å². The van der Waals surface area contributed by atoms with Gasteiger partial charge in [-0.3, -0.25) is 0 Å². The van der Waals surface area contributed by atoms with Crippen LogP contribution < -0.4 is 10.6 Å². The Morgan fingerprint density at radius 1 is 1.38 bits per heavy atom. The van der Waals surface area contributed by atoms with Gasteiger partial charge in [-0.05, 0) is 42.9 Å². The highest BCUT2D eigenvalue weighted by molar-refractivity contribution is 5.55. The Hall–Kier alpha value is -1.02. The molecule has 0 radical (unpaired) electrons. The van der Waals surface area contributed by atoms with Gasteiger partial charge in [-0.2, -0.15) is 0 Å². The number of rotatable bonds is 4. The number of nitrogens with zero attached hydrogens (tertiary/aromatic N) is 1. The molecule has 16 heavy (non-hydrogen) atoms. The fourth-order valence-electron chi connectivity index (χ4n) is 2.36. The molecule has 1 aliphatic rings. The van der Waals surface area contributed by atoms with Gasteiger partial charge in [-0.25, -0.2) is 0 Å². The van der Waals surface area contributed by atoms with Crippen molar-refractivity contribution in [1.82, 2.24) is 0 Å². The van der Waals surface area contributed by atoms with Gasteiger partial charge in [0.2, 0.25) is 0 Å². The molecule has 2 heteroatoms. The van der Waals surface area contributed by atoms with Crippen LogP contribution in [0, 0.1) is 12.8 Å². The maximum absolute atomic E-state index is 5.79. The Morgan fingerprint density at radius 2 is 2.12 bits per heavy atom. The van der Waals surface area contributed by atoms with Crippen LogP contribution in [0.1, 0.15) is 30.4 Å². The highest BCUT2D eigenvalue weighted by atomic mass is 15.1. The molecule has 88 valence electrons. The lowest BCUT2D eigenvalue weighted by molar-refractivity contribution is 0.321. The van der Waals surface area contributed by atoms with E-state index in [9.17, 15) is 0 Å². The standard InChI is InChI=1S/C14H22N2/c1-11-6-7-13(9-15)14(8-11)16(2)10-12-4-3-5-12/h6-8,12H,3-5,9-10,15H2,1-2H3. The van der Waals surface area contributed by atoms with Crippen molar-refractivity contribution in [3.05, 3.63) is 29.3 Å². The lowest BCUT2D eigenvalue weighted by Gasteiger charge is -2.32. The minimum Gasteiger partial charge on any atom is -0.374 e. The van der Waals surface area contributed by atoms with E-state index in [2.05, 4.69) is 37.1 Å². The Morgan fingerprint density at radius 3 is 2.69 bits per heavy atom. The third kappa shape index (κ3) is 2.38. The lowest BCUT2D eigenvalue weighted by atomic mass is 9.85. The highest BCUT2D eigenvalue weighted by Crippen LogP contribution is 2.29. The molecular weight excluding hydrogens is 196 g/mol. The van der Waals surface area contributed by atoms with Gasteiger partial charge in [-0.15, -0.1) is 0 Å². The SMILES string of the molecule is Cc1ccc(CN)c(N(C)CC2CCC2)c1. The number of aryl methyl sites for hydroxylation is 1. The molecule has 2 nitrogen and oxygen atoms in total. The zero-order chi connectivity index (χ0) is 11.5. The zero-order valence-corrected chi connectivity index (χ0v) is 10.4. The summed E-state index contributed by atoms with van der Waals surface area (Å²) in [6.07, 6.45) is 4.21. The molecule has 0 amide bonds. The molecule has 2 N–H and O–H groups in total. The predicted molar refractivity (Wildman–Crippen MR) is 69.7 cm³/mol. The second kappa shape index (κ2) is 4.88. The first-order valence-electron chi connectivity index (χ1n) is 6.21. The average molecular weight is 218 g/mol. The van der Waals surface area contributed by atoms with Crippen LogP contribution >= 0.6 is 0 Å². The largest absolute Gasteiger partial charge is 0.374 e. The molecule has 1 fully saturated rings. The molecular formula is C14H22N2. The van der Waals surface area contributed by atoms with E-state index in [4.69, 9.17) is 5.73 Å². The number of hydrogen-bond acceptors (Lipinski definition) is 2. The number of anilines is 1. The van der Waals surface area contributed by atoms with E-state index < -0.39 is 0 Å². The minimum atomic E-state index is 0.630. The number of hydrogen-bond donors (Lipinski definition) is 1. The van der Waals surface area contributed by atoms with E-state index in [-0.39, 0.29) is 0 Å². The van der Waals surface area contributed by atoms with Gasteiger partial charge >= 0.3 is 0 Å². The molecule has 1 aromatic rings. The monoisotopic (exact) mass is 218 g/mol. The topological polar surface area (TPSA) is 29.3 Å². The molecule has 0 bridgehead atoms. The summed E-state index contributed by atoms with van der Waals surface area (Å²) in [5.74, 6) is 0.899. The van der Waals surface area contributed by atoms with Crippen molar-refractivity contribution >= 4 is 5.69 Å². The third-order valence-corrected chi connectivity index (χ3v) is 3.63. The summed E-state index contributed by atoms with van der Waals surface area (Å²) in [6, 6.07) is 6.55. The number of nitrogens with two attached hydrogens (primary N) is 1. The summed E-state index contributed by atoms with van der Waals surface area (Å²) in [7, 11) is 2.19. The van der Waals surface area contributed by atoms with Gasteiger partial charge < -0.3 is 10.6 Å². The summed E-state index contributed by atoms with van der Waals surface area (Å²) in [6.45, 7) is 3.95. The van der Waals surface area contributed by atoms with Gasteiger partial charge in [0.25, 0.3) is 0 Å². The van der Waals surface area contributed by atoms with Gasteiger partial charge in [0.15, 0.2) is 0 Å². The van der Waals surface area contributed by atoms with Crippen LogP contribution in [0.4, 0.5) is 5.69 Å². The van der Waals surface area contributed by atoms with Crippen LogP contribution in [0.3, 0.4) is 0 Å². The summed E-state index contributed by atoms with van der Waals surface area (Å²) in [4.78, 5) is 2.37. The van der Waals surface area contributed by atoms with Crippen LogP contribution in [-0.4, -0.2) is 13.6 Å². The first-order valence-corrected chi connectivity index (χ1v) is 6.21. The lowest BCUT2D eigenvalue weighted by Crippen LogP contribution is -2.30. The summed E-state index contributed by atoms with van der Waals surface area (Å²) >= 11 is 0. The average Bonchev–Trinajstić information content (AvgIpc) is 2.23. The fraction of sp³-hybridized carbons (Fsp3) is 0.571. The molecule has 0 aliphatic heterocycles. The summed E-state index contributed by atoms with van der Waals surface area (Å²) in [5, 5.41) is 0. The van der Waals surface area contributed by atoms with E-state index >= 15 is 0 Å². The quantitative estimate of drug-likeness (QED) is 0.842. The summed E-state index contributed by atoms with van der Waals surface area (Å²) in [5.41, 5.74) is 9.67. The maximum Gasteiger partial charge on any atom is 0.0411 e. The van der Waals surface area contributed by atoms with Gasteiger partial charge in [0.1, 0.15) is 0 Å². The molecule has 0 unspecified atom stereocenters. The van der Waals surface area contributed by atoms with Crippen LogP contribution in [0.5, 0.6) is 0 Å². The highest BCUT2D eigenvalue weighted by Gasteiger charge is 2.20. The van der Waals surface area contributed by atoms with Crippen LogP contribution in [-0.2, 0) is 6.54 Å².